The maximum Gasteiger partial charge on any atom is 0.250 e. The zero-order valence-corrected chi connectivity index (χ0v) is 21.6. The van der Waals surface area contributed by atoms with Gasteiger partial charge in [-0.05, 0) is 60.4 Å². The number of benzene rings is 3. The Morgan fingerprint density at radius 2 is 1.74 bits per heavy atom. The quantitative estimate of drug-likeness (QED) is 0.431. The minimum absolute atomic E-state index is 0.0530. The smallest absolute Gasteiger partial charge is 0.250 e. The molecule has 0 aromatic heterocycles. The van der Waals surface area contributed by atoms with Crippen LogP contribution >= 0.6 is 11.6 Å². The van der Waals surface area contributed by atoms with Gasteiger partial charge in [-0.1, -0.05) is 35.9 Å². The maximum atomic E-state index is 14.1. The van der Waals surface area contributed by atoms with E-state index in [4.69, 9.17) is 21.1 Å². The largest absolute Gasteiger partial charge is 0.508 e. The first-order chi connectivity index (χ1) is 18.8. The molecule has 3 amide bonds. The second-order valence-electron chi connectivity index (χ2n) is 10.4. The van der Waals surface area contributed by atoms with Gasteiger partial charge in [0, 0.05) is 16.6 Å². The number of hydrogen-bond donors (Lipinski definition) is 3. The summed E-state index contributed by atoms with van der Waals surface area (Å²) in [7, 11) is 0. The predicted molar refractivity (Wildman–Crippen MR) is 140 cm³/mol. The molecule has 7 rings (SSSR count). The highest BCUT2D eigenvalue weighted by Gasteiger charge is 2.70. The molecule has 0 aliphatic carbocycles. The molecule has 3 aromatic carbocycles. The van der Waals surface area contributed by atoms with Gasteiger partial charge in [0.25, 0.3) is 0 Å². The summed E-state index contributed by atoms with van der Waals surface area (Å²) >= 11 is 6.36. The van der Waals surface area contributed by atoms with Crippen molar-refractivity contribution >= 4 is 35.0 Å². The SMILES string of the molecule is Cc1c(Cl)ccc2c1NC(=O)[C@@]21N[C@H](Cc2ccc(O)cc2)[C@H]2C(=O)N(Cc3ccc4c(c3)OCO4)C(=O)[C@H]21. The number of halogens is 1. The van der Waals surface area contributed by atoms with Crippen molar-refractivity contribution in [1.82, 2.24) is 10.2 Å². The van der Waals surface area contributed by atoms with Gasteiger partial charge in [0.05, 0.1) is 24.1 Å². The fourth-order valence-electron chi connectivity index (χ4n) is 6.49. The third-order valence-electron chi connectivity index (χ3n) is 8.35. The van der Waals surface area contributed by atoms with Crippen LogP contribution in [0.1, 0.15) is 22.3 Å². The van der Waals surface area contributed by atoms with E-state index in [1.165, 1.54) is 4.90 Å². The Morgan fingerprint density at radius 1 is 1.00 bits per heavy atom. The van der Waals surface area contributed by atoms with Crippen LogP contribution in [0, 0.1) is 18.8 Å². The summed E-state index contributed by atoms with van der Waals surface area (Å²) in [6.07, 6.45) is 0.384. The van der Waals surface area contributed by atoms with Gasteiger partial charge < -0.3 is 19.9 Å². The zero-order chi connectivity index (χ0) is 27.1. The number of rotatable bonds is 4. The number of nitrogens with one attached hydrogen (secondary N) is 2. The Balaban J connectivity index is 1.31. The summed E-state index contributed by atoms with van der Waals surface area (Å²) < 4.78 is 10.9. The molecule has 0 unspecified atom stereocenters. The van der Waals surface area contributed by atoms with Crippen molar-refractivity contribution < 1.29 is 29.0 Å². The van der Waals surface area contributed by atoms with E-state index in [0.29, 0.717) is 39.8 Å². The van der Waals surface area contributed by atoms with Crippen LogP contribution in [0.5, 0.6) is 17.2 Å². The molecule has 2 fully saturated rings. The summed E-state index contributed by atoms with van der Waals surface area (Å²) in [6.45, 7) is 1.99. The van der Waals surface area contributed by atoms with Crippen molar-refractivity contribution in [2.45, 2.75) is 31.5 Å². The van der Waals surface area contributed by atoms with Crippen molar-refractivity contribution in [3.05, 3.63) is 81.9 Å². The van der Waals surface area contributed by atoms with Crippen LogP contribution in [0.25, 0.3) is 0 Å². The minimum atomic E-state index is -1.42. The molecule has 2 saturated heterocycles. The van der Waals surface area contributed by atoms with Gasteiger partial charge in [-0.25, -0.2) is 0 Å². The predicted octanol–water partition coefficient (Wildman–Crippen LogP) is 3.25. The van der Waals surface area contributed by atoms with Crippen LogP contribution in [0.2, 0.25) is 5.02 Å². The van der Waals surface area contributed by atoms with Crippen LogP contribution < -0.4 is 20.1 Å². The van der Waals surface area contributed by atoms with Crippen molar-refractivity contribution in [2.75, 3.05) is 12.1 Å². The summed E-state index contributed by atoms with van der Waals surface area (Å²) in [6, 6.07) is 15.0. The number of imide groups is 1. The molecular formula is C29H24ClN3O6. The molecular weight excluding hydrogens is 522 g/mol. The Hall–Kier alpha value is -4.08. The number of ether oxygens (including phenoxy) is 2. The Labute approximate surface area is 228 Å². The standard InChI is InChI=1S/C29H24ClN3O6/c1-14-19(30)8-7-18-25(14)31-28(37)29(18)24-23(20(32-29)10-15-2-5-17(34)6-3-15)26(35)33(27(24)36)12-16-4-9-21-22(11-16)39-13-38-21/h2-9,11,20,23-24,32,34H,10,12-13H2,1H3,(H,31,37)/t20-,23-,24+,29-/m1/s1. The van der Waals surface area contributed by atoms with Crippen LogP contribution in [0.3, 0.4) is 0 Å². The van der Waals surface area contributed by atoms with Crippen LogP contribution in [0.15, 0.2) is 54.6 Å². The van der Waals surface area contributed by atoms with E-state index in [9.17, 15) is 19.5 Å². The van der Waals surface area contributed by atoms with E-state index >= 15 is 0 Å². The number of amides is 3. The lowest BCUT2D eigenvalue weighted by Crippen LogP contribution is -2.53. The molecule has 0 saturated carbocycles. The molecule has 4 atom stereocenters. The topological polar surface area (TPSA) is 117 Å². The Bertz CT molecular complexity index is 1570. The lowest BCUT2D eigenvalue weighted by atomic mass is 9.76. The Kier molecular flexibility index (Phi) is 5.20. The number of nitrogens with zero attached hydrogens (tertiary/aromatic N) is 1. The highest BCUT2D eigenvalue weighted by Crippen LogP contribution is 2.54. The molecule has 10 heteroatoms. The summed E-state index contributed by atoms with van der Waals surface area (Å²) in [5, 5.41) is 16.6. The molecule has 0 bridgehead atoms. The lowest BCUT2D eigenvalue weighted by molar-refractivity contribution is -0.143. The fraction of sp³-hybridized carbons (Fsp3) is 0.276. The number of carbonyl (C=O) groups is 3. The molecule has 1 spiro atoms. The normalized spacial score (nSPS) is 26.4. The molecule has 0 radical (unpaired) electrons. The first-order valence-corrected chi connectivity index (χ1v) is 13.1. The van der Waals surface area contributed by atoms with Gasteiger partial charge in [-0.2, -0.15) is 0 Å². The monoisotopic (exact) mass is 545 g/mol. The number of fused-ring (bicyclic) bond motifs is 5. The maximum absolute atomic E-state index is 14.1. The number of carbonyl (C=O) groups excluding carboxylic acids is 3. The van der Waals surface area contributed by atoms with Gasteiger partial charge in [0.1, 0.15) is 11.3 Å². The van der Waals surface area contributed by atoms with E-state index < -0.39 is 29.3 Å². The van der Waals surface area contributed by atoms with Crippen molar-refractivity contribution in [1.29, 1.82) is 0 Å². The van der Waals surface area contributed by atoms with Crippen LogP contribution in [0.4, 0.5) is 5.69 Å². The Morgan fingerprint density at radius 3 is 2.54 bits per heavy atom. The average molecular weight is 546 g/mol. The highest BCUT2D eigenvalue weighted by atomic mass is 35.5. The minimum Gasteiger partial charge on any atom is -0.508 e. The van der Waals surface area contributed by atoms with Crippen LogP contribution in [-0.4, -0.2) is 40.6 Å². The molecule has 9 nitrogen and oxygen atoms in total. The highest BCUT2D eigenvalue weighted by molar-refractivity contribution is 6.32. The van der Waals surface area contributed by atoms with Gasteiger partial charge >= 0.3 is 0 Å². The number of phenolic OH excluding ortho intramolecular Hbond substituents is 1. The molecule has 3 aromatic rings. The second kappa shape index (κ2) is 8.46. The number of anilines is 1. The van der Waals surface area contributed by atoms with Crippen molar-refractivity contribution in [3.63, 3.8) is 0 Å². The third kappa shape index (κ3) is 3.39. The van der Waals surface area contributed by atoms with E-state index in [1.807, 2.05) is 6.92 Å². The van der Waals surface area contributed by atoms with Gasteiger partial charge in [0.15, 0.2) is 11.5 Å². The summed E-state index contributed by atoms with van der Waals surface area (Å²) in [5.41, 5.74) is 2.04. The van der Waals surface area contributed by atoms with Gasteiger partial charge in [-0.15, -0.1) is 0 Å². The molecule has 198 valence electrons. The lowest BCUT2D eigenvalue weighted by Gasteiger charge is -2.29. The van der Waals surface area contributed by atoms with E-state index in [-0.39, 0.29) is 30.9 Å². The number of aromatic hydroxyl groups is 1. The van der Waals surface area contributed by atoms with Crippen LogP contribution in [-0.2, 0) is 32.9 Å². The van der Waals surface area contributed by atoms with Crippen molar-refractivity contribution in [3.8, 4) is 17.2 Å². The molecule has 4 aliphatic heterocycles. The number of likely N-dealkylation sites (tertiary alicyclic amines) is 1. The number of phenols is 1. The summed E-state index contributed by atoms with van der Waals surface area (Å²) in [4.78, 5) is 43.1. The molecule has 4 heterocycles. The summed E-state index contributed by atoms with van der Waals surface area (Å²) in [5.74, 6) is -1.52. The molecule has 4 aliphatic rings. The van der Waals surface area contributed by atoms with E-state index in [0.717, 1.165) is 11.1 Å². The average Bonchev–Trinajstić information content (AvgIpc) is 3.65. The van der Waals surface area contributed by atoms with Gasteiger partial charge in [0.2, 0.25) is 24.5 Å². The van der Waals surface area contributed by atoms with E-state index in [2.05, 4.69) is 10.6 Å². The second-order valence-corrected chi connectivity index (χ2v) is 10.8. The first kappa shape index (κ1) is 24.0. The van der Waals surface area contributed by atoms with Crippen molar-refractivity contribution in [2.24, 2.45) is 11.8 Å². The fourth-order valence-corrected chi connectivity index (χ4v) is 6.65. The first-order valence-electron chi connectivity index (χ1n) is 12.7. The zero-order valence-electron chi connectivity index (χ0n) is 20.9. The van der Waals surface area contributed by atoms with E-state index in [1.54, 1.807) is 54.6 Å². The molecule has 39 heavy (non-hydrogen) atoms. The number of hydrogen-bond acceptors (Lipinski definition) is 7. The molecule has 3 N–H and O–H groups in total. The van der Waals surface area contributed by atoms with Gasteiger partial charge in [-0.3, -0.25) is 24.6 Å². The third-order valence-corrected chi connectivity index (χ3v) is 8.75.